The summed E-state index contributed by atoms with van der Waals surface area (Å²) < 4.78 is 58.9. The summed E-state index contributed by atoms with van der Waals surface area (Å²) >= 11 is 0. The summed E-state index contributed by atoms with van der Waals surface area (Å²) in [5.74, 6) is -1.88. The number of aromatic nitrogens is 2. The van der Waals surface area contributed by atoms with Crippen LogP contribution in [0.5, 0.6) is 0 Å². The summed E-state index contributed by atoms with van der Waals surface area (Å²) in [6.07, 6.45) is 1.37. The van der Waals surface area contributed by atoms with Crippen molar-refractivity contribution in [1.29, 1.82) is 0 Å². The van der Waals surface area contributed by atoms with E-state index in [-0.39, 0.29) is 23.9 Å². The van der Waals surface area contributed by atoms with Crippen molar-refractivity contribution < 1.29 is 21.9 Å². The molecule has 1 aromatic carbocycles. The Bertz CT molecular complexity index is 893. The zero-order valence-electron chi connectivity index (χ0n) is 13.3. The fraction of sp³-hybridized carbons (Fsp3) is 0.438. The maximum Gasteiger partial charge on any atom is 0.243 e. The van der Waals surface area contributed by atoms with Crippen LogP contribution in [0.15, 0.2) is 23.1 Å². The molecule has 25 heavy (non-hydrogen) atoms. The second kappa shape index (κ2) is 6.15. The van der Waals surface area contributed by atoms with Gasteiger partial charge in [0.15, 0.2) is 0 Å². The Morgan fingerprint density at radius 3 is 2.76 bits per heavy atom. The molecule has 1 N–H and O–H groups in total. The van der Waals surface area contributed by atoms with E-state index >= 15 is 0 Å². The maximum absolute atomic E-state index is 13.4. The summed E-state index contributed by atoms with van der Waals surface area (Å²) in [4.78, 5) is -0.363. The predicted molar refractivity (Wildman–Crippen MR) is 84.4 cm³/mol. The maximum atomic E-state index is 13.4. The van der Waals surface area contributed by atoms with Gasteiger partial charge in [0.2, 0.25) is 10.0 Å². The van der Waals surface area contributed by atoms with Gasteiger partial charge in [0, 0.05) is 42.8 Å². The number of aromatic amines is 1. The fourth-order valence-electron chi connectivity index (χ4n) is 3.47. The van der Waals surface area contributed by atoms with E-state index in [1.54, 1.807) is 0 Å². The third kappa shape index (κ3) is 2.96. The smallest absolute Gasteiger partial charge is 0.243 e. The number of ether oxygens (including phenoxy) is 1. The molecule has 2 aliphatic heterocycles. The van der Waals surface area contributed by atoms with Crippen LogP contribution in [-0.4, -0.2) is 42.6 Å². The first-order valence-corrected chi connectivity index (χ1v) is 9.49. The van der Waals surface area contributed by atoms with Gasteiger partial charge in [-0.05, 0) is 18.6 Å². The first-order chi connectivity index (χ1) is 11.9. The predicted octanol–water partition coefficient (Wildman–Crippen LogP) is 1.94. The fourth-order valence-corrected chi connectivity index (χ4v) is 5.01. The highest BCUT2D eigenvalue weighted by atomic mass is 32.2. The Morgan fingerprint density at radius 2 is 2.00 bits per heavy atom. The second-order valence-corrected chi connectivity index (χ2v) is 8.26. The van der Waals surface area contributed by atoms with Crippen molar-refractivity contribution >= 4 is 10.0 Å². The molecule has 1 unspecified atom stereocenters. The van der Waals surface area contributed by atoms with Crippen LogP contribution < -0.4 is 0 Å². The lowest BCUT2D eigenvalue weighted by Crippen LogP contribution is -2.29. The first kappa shape index (κ1) is 16.6. The standard InChI is InChI=1S/C16H17F2N3O3S/c17-11-5-12(18)7-13(6-11)25(22,23)21-3-1-10(8-21)16-14-9-24-4-2-15(14)19-20-16/h5-7,10H,1-4,8-9H2,(H,19,20). The van der Waals surface area contributed by atoms with Gasteiger partial charge in [-0.3, -0.25) is 5.10 Å². The van der Waals surface area contributed by atoms with E-state index in [0.29, 0.717) is 25.7 Å². The molecule has 3 heterocycles. The number of nitrogens with zero attached hydrogens (tertiary/aromatic N) is 2. The van der Waals surface area contributed by atoms with E-state index in [0.717, 1.165) is 35.5 Å². The average molecular weight is 369 g/mol. The third-order valence-corrected chi connectivity index (χ3v) is 6.58. The molecule has 0 saturated carbocycles. The average Bonchev–Trinajstić information content (AvgIpc) is 3.21. The van der Waals surface area contributed by atoms with Crippen LogP contribution in [0.3, 0.4) is 0 Å². The van der Waals surface area contributed by atoms with Crippen LogP contribution >= 0.6 is 0 Å². The molecule has 4 rings (SSSR count). The molecule has 1 atom stereocenters. The lowest BCUT2D eigenvalue weighted by Gasteiger charge is -2.17. The van der Waals surface area contributed by atoms with Crippen LogP contribution in [0.25, 0.3) is 0 Å². The number of benzene rings is 1. The summed E-state index contributed by atoms with van der Waals surface area (Å²) in [6.45, 7) is 1.63. The van der Waals surface area contributed by atoms with Crippen LogP contribution in [0.4, 0.5) is 8.78 Å². The van der Waals surface area contributed by atoms with Gasteiger partial charge in [0.25, 0.3) is 0 Å². The SMILES string of the molecule is O=S(=O)(c1cc(F)cc(F)c1)N1CCC(c2n[nH]c3c2COCC3)C1. The number of fused-ring (bicyclic) bond motifs is 1. The van der Waals surface area contributed by atoms with Crippen molar-refractivity contribution in [1.82, 2.24) is 14.5 Å². The number of sulfonamides is 1. The summed E-state index contributed by atoms with van der Waals surface area (Å²) in [5.41, 5.74) is 2.87. The van der Waals surface area contributed by atoms with Crippen molar-refractivity contribution in [2.45, 2.75) is 30.3 Å². The Labute approximate surface area is 143 Å². The van der Waals surface area contributed by atoms with E-state index in [2.05, 4.69) is 10.2 Å². The number of hydrogen-bond donors (Lipinski definition) is 1. The summed E-state index contributed by atoms with van der Waals surface area (Å²) in [5, 5.41) is 7.36. The minimum absolute atomic E-state index is 0.0603. The minimum atomic E-state index is -3.94. The zero-order valence-corrected chi connectivity index (χ0v) is 14.2. The van der Waals surface area contributed by atoms with Gasteiger partial charge in [-0.2, -0.15) is 9.40 Å². The summed E-state index contributed by atoms with van der Waals surface area (Å²) in [7, 11) is -3.94. The van der Waals surface area contributed by atoms with Crippen molar-refractivity contribution in [3.8, 4) is 0 Å². The van der Waals surface area contributed by atoms with E-state index < -0.39 is 21.7 Å². The highest BCUT2D eigenvalue weighted by Gasteiger charge is 2.36. The van der Waals surface area contributed by atoms with Crippen LogP contribution in [0, 0.1) is 11.6 Å². The van der Waals surface area contributed by atoms with Crippen molar-refractivity contribution in [2.24, 2.45) is 0 Å². The third-order valence-electron chi connectivity index (χ3n) is 4.74. The van der Waals surface area contributed by atoms with Gasteiger partial charge in [-0.15, -0.1) is 0 Å². The molecule has 134 valence electrons. The number of rotatable bonds is 3. The highest BCUT2D eigenvalue weighted by Crippen LogP contribution is 2.34. The normalized spacial score (nSPS) is 21.4. The quantitative estimate of drug-likeness (QED) is 0.897. The minimum Gasteiger partial charge on any atom is -0.376 e. The molecule has 2 aliphatic rings. The molecule has 1 fully saturated rings. The molecule has 6 nitrogen and oxygen atoms in total. The Kier molecular flexibility index (Phi) is 4.09. The molecule has 0 aliphatic carbocycles. The monoisotopic (exact) mass is 369 g/mol. The van der Waals surface area contributed by atoms with Crippen LogP contribution in [0.2, 0.25) is 0 Å². The Morgan fingerprint density at radius 1 is 1.24 bits per heavy atom. The highest BCUT2D eigenvalue weighted by molar-refractivity contribution is 7.89. The van der Waals surface area contributed by atoms with Crippen molar-refractivity contribution in [3.05, 3.63) is 46.8 Å². The molecule has 0 bridgehead atoms. The van der Waals surface area contributed by atoms with Gasteiger partial charge in [-0.1, -0.05) is 0 Å². The van der Waals surface area contributed by atoms with Gasteiger partial charge in [-0.25, -0.2) is 17.2 Å². The molecular formula is C16H17F2N3O3S. The number of nitrogens with one attached hydrogen (secondary N) is 1. The number of hydrogen-bond acceptors (Lipinski definition) is 4. The van der Waals surface area contributed by atoms with Crippen molar-refractivity contribution in [2.75, 3.05) is 19.7 Å². The van der Waals surface area contributed by atoms with Crippen LogP contribution in [0.1, 0.15) is 29.3 Å². The lowest BCUT2D eigenvalue weighted by atomic mass is 9.98. The molecule has 0 radical (unpaired) electrons. The molecule has 1 saturated heterocycles. The topological polar surface area (TPSA) is 75.3 Å². The van der Waals surface area contributed by atoms with Gasteiger partial charge in [0.05, 0.1) is 23.8 Å². The van der Waals surface area contributed by atoms with Gasteiger partial charge in [0.1, 0.15) is 11.6 Å². The largest absolute Gasteiger partial charge is 0.376 e. The molecule has 9 heteroatoms. The molecule has 0 spiro atoms. The molecular weight excluding hydrogens is 352 g/mol. The molecule has 2 aromatic rings. The number of halogens is 2. The molecule has 1 aromatic heterocycles. The zero-order chi connectivity index (χ0) is 17.6. The molecule has 0 amide bonds. The van der Waals surface area contributed by atoms with E-state index in [1.165, 1.54) is 4.31 Å². The van der Waals surface area contributed by atoms with E-state index in [9.17, 15) is 17.2 Å². The van der Waals surface area contributed by atoms with E-state index in [4.69, 9.17) is 4.74 Å². The lowest BCUT2D eigenvalue weighted by molar-refractivity contribution is 0.109. The van der Waals surface area contributed by atoms with E-state index in [1.807, 2.05) is 0 Å². The Balaban J connectivity index is 1.59. The van der Waals surface area contributed by atoms with Crippen LogP contribution in [-0.2, 0) is 27.8 Å². The first-order valence-electron chi connectivity index (χ1n) is 8.05. The van der Waals surface area contributed by atoms with Gasteiger partial charge < -0.3 is 4.74 Å². The second-order valence-electron chi connectivity index (χ2n) is 6.32. The van der Waals surface area contributed by atoms with Gasteiger partial charge >= 0.3 is 0 Å². The summed E-state index contributed by atoms with van der Waals surface area (Å²) in [6, 6.07) is 2.34. The van der Waals surface area contributed by atoms with Crippen molar-refractivity contribution in [3.63, 3.8) is 0 Å². The Hall–Kier alpha value is -1.84. The number of H-pyrrole nitrogens is 1.